The van der Waals surface area contributed by atoms with Gasteiger partial charge in [-0.05, 0) is 85.6 Å². The van der Waals surface area contributed by atoms with Crippen LogP contribution >= 0.6 is 11.6 Å². The van der Waals surface area contributed by atoms with Gasteiger partial charge in [-0.25, -0.2) is 12.7 Å². The first-order valence-corrected chi connectivity index (χ1v) is 19.1. The SMILES string of the molecule is CCN1CCCS1(=O)=O.O=CN[C@H](Cc1ccc(Cl)cc1)C(=O)N1CCC(C2CCCCC2)CC1.c1ccc2c(c1)CCCC2. The first-order valence-electron chi connectivity index (χ1n) is 17.1. The molecule has 45 heavy (non-hydrogen) atoms. The van der Waals surface area contributed by atoms with Gasteiger partial charge in [0.2, 0.25) is 22.3 Å². The quantitative estimate of drug-likeness (QED) is 0.348. The van der Waals surface area contributed by atoms with Gasteiger partial charge in [-0.2, -0.15) is 0 Å². The number of halogens is 1. The maximum absolute atomic E-state index is 12.9. The molecular formula is C36H52ClN3O4S. The summed E-state index contributed by atoms with van der Waals surface area (Å²) in [5, 5.41) is 3.38. The van der Waals surface area contributed by atoms with Crippen LogP contribution in [0.2, 0.25) is 5.02 Å². The molecule has 2 aliphatic heterocycles. The number of hydrogen-bond donors (Lipinski definition) is 1. The van der Waals surface area contributed by atoms with E-state index in [1.54, 1.807) is 11.1 Å². The molecule has 0 aromatic heterocycles. The summed E-state index contributed by atoms with van der Waals surface area (Å²) in [5.74, 6) is 2.02. The van der Waals surface area contributed by atoms with Gasteiger partial charge in [0.25, 0.3) is 0 Å². The van der Waals surface area contributed by atoms with Crippen molar-refractivity contribution in [3.8, 4) is 0 Å². The summed E-state index contributed by atoms with van der Waals surface area (Å²) in [5.41, 5.74) is 4.15. The topological polar surface area (TPSA) is 86.8 Å². The molecule has 4 aliphatic rings. The third-order valence-corrected chi connectivity index (χ3v) is 12.2. The van der Waals surface area contributed by atoms with E-state index < -0.39 is 16.1 Å². The summed E-state index contributed by atoms with van der Waals surface area (Å²) in [7, 11) is -2.80. The molecule has 0 unspecified atom stereocenters. The Morgan fingerprint density at radius 2 is 1.47 bits per heavy atom. The first kappa shape index (κ1) is 35.4. The summed E-state index contributed by atoms with van der Waals surface area (Å²) < 4.78 is 23.4. The van der Waals surface area contributed by atoms with E-state index in [0.29, 0.717) is 30.2 Å². The molecule has 0 bridgehead atoms. The smallest absolute Gasteiger partial charge is 0.245 e. The highest BCUT2D eigenvalue weighted by Gasteiger charge is 2.32. The molecule has 248 valence electrons. The fraction of sp³-hybridized carbons (Fsp3) is 0.611. The molecule has 2 amide bonds. The average molecular weight is 658 g/mol. The molecule has 0 radical (unpaired) electrons. The molecule has 2 heterocycles. The lowest BCUT2D eigenvalue weighted by molar-refractivity contribution is -0.136. The minimum atomic E-state index is -2.80. The molecule has 2 aromatic rings. The summed E-state index contributed by atoms with van der Waals surface area (Å²) >= 11 is 5.92. The number of fused-ring (bicyclic) bond motifs is 1. The molecule has 6 rings (SSSR count). The molecule has 2 aliphatic carbocycles. The van der Waals surface area contributed by atoms with Gasteiger partial charge in [0, 0.05) is 37.6 Å². The van der Waals surface area contributed by atoms with Gasteiger partial charge in [-0.15, -0.1) is 0 Å². The van der Waals surface area contributed by atoms with Crippen LogP contribution in [-0.4, -0.2) is 67.9 Å². The molecule has 2 aromatic carbocycles. The Bertz CT molecular complexity index is 1280. The lowest BCUT2D eigenvalue weighted by Gasteiger charge is -2.38. The standard InChI is InChI=1S/C21H29ClN2O2.C10H12.C5H11NO2S/c22-19-8-6-16(7-9-19)14-20(23-15-25)21(26)24-12-10-18(11-13-24)17-4-2-1-3-5-17;1-2-6-10-8-4-3-7-9(10)5-1;1-2-6-4-3-5-9(6,7)8/h6-9,15,17-18,20H,1-5,10-14H2,(H,23,25);1-2,5-6H,3-4,7-8H2;2-5H2,1H3/t20-;;/m1../s1. The molecule has 2 saturated heterocycles. The van der Waals surface area contributed by atoms with Gasteiger partial charge in [0.05, 0.1) is 5.75 Å². The number of amides is 2. The van der Waals surface area contributed by atoms with Crippen LogP contribution in [-0.2, 0) is 38.9 Å². The largest absolute Gasteiger partial charge is 0.347 e. The number of nitrogens with zero attached hydrogens (tertiary/aromatic N) is 2. The Morgan fingerprint density at radius 1 is 0.867 bits per heavy atom. The molecular weight excluding hydrogens is 606 g/mol. The van der Waals surface area contributed by atoms with E-state index in [2.05, 4.69) is 29.6 Å². The van der Waals surface area contributed by atoms with Crippen molar-refractivity contribution in [2.24, 2.45) is 11.8 Å². The zero-order chi connectivity index (χ0) is 32.1. The zero-order valence-corrected chi connectivity index (χ0v) is 28.5. The Labute approximate surface area is 276 Å². The van der Waals surface area contributed by atoms with Gasteiger partial charge in [0.15, 0.2) is 0 Å². The lowest BCUT2D eigenvalue weighted by Crippen LogP contribution is -2.50. The number of likely N-dealkylation sites (tertiary alicyclic amines) is 1. The van der Waals surface area contributed by atoms with Crippen molar-refractivity contribution in [2.45, 2.75) is 96.4 Å². The monoisotopic (exact) mass is 657 g/mol. The Balaban J connectivity index is 0.000000196. The number of rotatable bonds is 7. The van der Waals surface area contributed by atoms with Crippen molar-refractivity contribution >= 4 is 33.9 Å². The number of carbonyl (C=O) groups is 2. The number of aryl methyl sites for hydroxylation is 2. The Kier molecular flexibility index (Phi) is 14.2. The predicted octanol–water partition coefficient (Wildman–Crippen LogP) is 6.42. The highest BCUT2D eigenvalue weighted by molar-refractivity contribution is 7.89. The number of nitrogens with one attached hydrogen (secondary N) is 1. The van der Waals surface area contributed by atoms with Crippen molar-refractivity contribution in [1.82, 2.24) is 14.5 Å². The second-order valence-electron chi connectivity index (χ2n) is 12.9. The highest BCUT2D eigenvalue weighted by atomic mass is 35.5. The average Bonchev–Trinajstić information content (AvgIpc) is 3.44. The minimum absolute atomic E-state index is 0.0362. The highest BCUT2D eigenvalue weighted by Crippen LogP contribution is 2.35. The Hall–Kier alpha value is -2.42. The molecule has 1 atom stereocenters. The Morgan fingerprint density at radius 3 is 1.98 bits per heavy atom. The van der Waals surface area contributed by atoms with Crippen LogP contribution in [0.5, 0.6) is 0 Å². The van der Waals surface area contributed by atoms with E-state index in [1.165, 1.54) is 62.1 Å². The van der Waals surface area contributed by atoms with Crippen molar-refractivity contribution in [2.75, 3.05) is 31.9 Å². The second kappa shape index (κ2) is 18.1. The van der Waals surface area contributed by atoms with E-state index >= 15 is 0 Å². The number of carbonyl (C=O) groups excluding carboxylic acids is 2. The van der Waals surface area contributed by atoms with Crippen LogP contribution < -0.4 is 5.32 Å². The summed E-state index contributed by atoms with van der Waals surface area (Å²) in [6.45, 7) is 4.85. The van der Waals surface area contributed by atoms with Crippen molar-refractivity contribution in [1.29, 1.82) is 0 Å². The lowest BCUT2D eigenvalue weighted by atomic mass is 9.76. The molecule has 1 N–H and O–H groups in total. The van der Waals surface area contributed by atoms with Crippen LogP contribution in [0.1, 0.15) is 87.8 Å². The molecule has 0 spiro atoms. The van der Waals surface area contributed by atoms with Gasteiger partial charge < -0.3 is 10.2 Å². The first-order chi connectivity index (χ1) is 21.8. The van der Waals surface area contributed by atoms with E-state index in [0.717, 1.165) is 56.3 Å². The van der Waals surface area contributed by atoms with E-state index in [9.17, 15) is 18.0 Å². The van der Waals surface area contributed by atoms with Crippen molar-refractivity contribution < 1.29 is 18.0 Å². The zero-order valence-electron chi connectivity index (χ0n) is 27.0. The van der Waals surface area contributed by atoms with E-state index in [1.807, 2.05) is 36.1 Å². The van der Waals surface area contributed by atoms with Crippen LogP contribution in [0.15, 0.2) is 48.5 Å². The normalized spacial score (nSPS) is 20.9. The van der Waals surface area contributed by atoms with Crippen molar-refractivity contribution in [3.63, 3.8) is 0 Å². The summed E-state index contributed by atoms with van der Waals surface area (Å²) in [6, 6.07) is 15.7. The van der Waals surface area contributed by atoms with E-state index in [-0.39, 0.29) is 5.91 Å². The molecule has 3 fully saturated rings. The second-order valence-corrected chi connectivity index (χ2v) is 15.4. The van der Waals surface area contributed by atoms with Gasteiger partial charge in [-0.1, -0.05) is 87.0 Å². The molecule has 7 nitrogen and oxygen atoms in total. The van der Waals surface area contributed by atoms with Gasteiger partial charge in [-0.3, -0.25) is 9.59 Å². The molecule has 1 saturated carbocycles. The van der Waals surface area contributed by atoms with Crippen LogP contribution in [0.4, 0.5) is 0 Å². The number of piperidine rings is 1. The fourth-order valence-corrected chi connectivity index (χ4v) is 8.97. The maximum atomic E-state index is 12.9. The van der Waals surface area contributed by atoms with Crippen LogP contribution in [0, 0.1) is 11.8 Å². The molecule has 9 heteroatoms. The third kappa shape index (κ3) is 10.8. The maximum Gasteiger partial charge on any atom is 0.245 e. The number of benzene rings is 2. The summed E-state index contributed by atoms with van der Waals surface area (Å²) in [6.07, 6.45) is 16.4. The van der Waals surface area contributed by atoms with E-state index in [4.69, 9.17) is 11.6 Å². The van der Waals surface area contributed by atoms with Crippen LogP contribution in [0.25, 0.3) is 0 Å². The number of sulfonamides is 1. The van der Waals surface area contributed by atoms with Gasteiger partial charge >= 0.3 is 0 Å². The van der Waals surface area contributed by atoms with Crippen molar-refractivity contribution in [3.05, 3.63) is 70.2 Å². The minimum Gasteiger partial charge on any atom is -0.347 e. The number of hydrogen-bond acceptors (Lipinski definition) is 4. The fourth-order valence-electron chi connectivity index (χ4n) is 7.30. The van der Waals surface area contributed by atoms with Crippen LogP contribution in [0.3, 0.4) is 0 Å². The predicted molar refractivity (Wildman–Crippen MR) is 183 cm³/mol. The van der Waals surface area contributed by atoms with Gasteiger partial charge in [0.1, 0.15) is 6.04 Å². The third-order valence-electron chi connectivity index (χ3n) is 9.90. The summed E-state index contributed by atoms with van der Waals surface area (Å²) in [4.78, 5) is 25.9.